The molecule has 29 heavy (non-hydrogen) atoms. The third-order valence-electron chi connectivity index (χ3n) is 5.05. The number of carbonyl (C=O) groups excluding carboxylic acids is 2. The standard InChI is InChI=1S/C23H25NO5/c1-14-9-19(16(3)24(14)15(2)12-28-4)22(26)13-29-23(27)20-10-17-7-5-6-8-18(17)11-21(20)25/h5-11,15,25H,12-13H2,1-4H3/t15-/m0/s1. The van der Waals surface area contributed by atoms with E-state index >= 15 is 0 Å². The van der Waals surface area contributed by atoms with Crippen LogP contribution in [0.25, 0.3) is 10.8 Å². The zero-order valence-electron chi connectivity index (χ0n) is 17.1. The molecule has 3 rings (SSSR count). The van der Waals surface area contributed by atoms with Crippen molar-refractivity contribution in [3.05, 3.63) is 65.0 Å². The van der Waals surface area contributed by atoms with Gasteiger partial charge in [-0.15, -0.1) is 0 Å². The van der Waals surface area contributed by atoms with E-state index in [9.17, 15) is 14.7 Å². The lowest BCUT2D eigenvalue weighted by Gasteiger charge is -2.17. The van der Waals surface area contributed by atoms with Crippen molar-refractivity contribution in [2.45, 2.75) is 26.8 Å². The number of benzene rings is 2. The summed E-state index contributed by atoms with van der Waals surface area (Å²) in [5.74, 6) is -1.20. The first-order valence-corrected chi connectivity index (χ1v) is 9.43. The molecule has 6 heteroatoms. The average molecular weight is 395 g/mol. The van der Waals surface area contributed by atoms with Crippen molar-refractivity contribution in [2.24, 2.45) is 0 Å². The highest BCUT2D eigenvalue weighted by Gasteiger charge is 2.21. The van der Waals surface area contributed by atoms with E-state index in [1.54, 1.807) is 19.2 Å². The largest absolute Gasteiger partial charge is 0.507 e. The maximum atomic E-state index is 12.7. The fraction of sp³-hybridized carbons (Fsp3) is 0.304. The van der Waals surface area contributed by atoms with Crippen molar-refractivity contribution < 1.29 is 24.2 Å². The van der Waals surface area contributed by atoms with Gasteiger partial charge in [0.05, 0.1) is 12.6 Å². The molecule has 0 saturated carbocycles. The highest BCUT2D eigenvalue weighted by atomic mass is 16.5. The van der Waals surface area contributed by atoms with Gasteiger partial charge in [0, 0.05) is 24.1 Å². The Hall–Kier alpha value is -3.12. The molecule has 0 aliphatic rings. The number of phenolic OH excluding ortho intramolecular Hbond substituents is 1. The van der Waals surface area contributed by atoms with E-state index in [-0.39, 0.29) is 23.1 Å². The number of methoxy groups -OCH3 is 1. The van der Waals surface area contributed by atoms with Crippen LogP contribution in [0.1, 0.15) is 45.1 Å². The summed E-state index contributed by atoms with van der Waals surface area (Å²) in [4.78, 5) is 25.1. The first-order chi connectivity index (χ1) is 13.8. The summed E-state index contributed by atoms with van der Waals surface area (Å²) in [6.07, 6.45) is 0. The van der Waals surface area contributed by atoms with Crippen LogP contribution in [0.5, 0.6) is 5.75 Å². The fourth-order valence-corrected chi connectivity index (χ4v) is 3.73. The van der Waals surface area contributed by atoms with Crippen molar-refractivity contribution in [3.8, 4) is 5.75 Å². The van der Waals surface area contributed by atoms with E-state index in [4.69, 9.17) is 9.47 Å². The van der Waals surface area contributed by atoms with Crippen molar-refractivity contribution in [2.75, 3.05) is 20.3 Å². The van der Waals surface area contributed by atoms with Crippen molar-refractivity contribution >= 4 is 22.5 Å². The van der Waals surface area contributed by atoms with Crippen LogP contribution in [0.4, 0.5) is 0 Å². The Morgan fingerprint density at radius 1 is 1.07 bits per heavy atom. The van der Waals surface area contributed by atoms with Crippen LogP contribution in [-0.4, -0.2) is 41.7 Å². The number of nitrogens with zero attached hydrogens (tertiary/aromatic N) is 1. The number of phenols is 1. The van der Waals surface area contributed by atoms with Gasteiger partial charge in [0.2, 0.25) is 5.78 Å². The number of hydrogen-bond acceptors (Lipinski definition) is 5. The highest BCUT2D eigenvalue weighted by Crippen LogP contribution is 2.26. The van der Waals surface area contributed by atoms with E-state index in [0.29, 0.717) is 12.2 Å². The van der Waals surface area contributed by atoms with Crippen LogP contribution in [0.3, 0.4) is 0 Å². The maximum absolute atomic E-state index is 12.7. The molecular weight excluding hydrogens is 370 g/mol. The molecule has 0 saturated heterocycles. The van der Waals surface area contributed by atoms with Gasteiger partial charge in [-0.2, -0.15) is 0 Å². The van der Waals surface area contributed by atoms with E-state index in [1.807, 2.05) is 49.6 Å². The summed E-state index contributed by atoms with van der Waals surface area (Å²) >= 11 is 0. The number of aromatic nitrogens is 1. The Bertz CT molecular complexity index is 1070. The van der Waals surface area contributed by atoms with Crippen molar-refractivity contribution in [3.63, 3.8) is 0 Å². The second-order valence-electron chi connectivity index (χ2n) is 7.17. The monoisotopic (exact) mass is 395 g/mol. The van der Waals surface area contributed by atoms with Crippen LogP contribution in [-0.2, 0) is 9.47 Å². The number of ketones is 1. The molecule has 0 spiro atoms. The van der Waals surface area contributed by atoms with Gasteiger partial charge in [0.1, 0.15) is 11.3 Å². The summed E-state index contributed by atoms with van der Waals surface area (Å²) in [5, 5.41) is 11.8. The third-order valence-corrected chi connectivity index (χ3v) is 5.05. The third kappa shape index (κ3) is 4.17. The molecule has 152 valence electrons. The quantitative estimate of drug-likeness (QED) is 0.479. The Morgan fingerprint density at radius 2 is 1.72 bits per heavy atom. The van der Waals surface area contributed by atoms with E-state index in [1.165, 1.54) is 6.07 Å². The summed E-state index contributed by atoms with van der Waals surface area (Å²) in [6, 6.07) is 12.3. The summed E-state index contributed by atoms with van der Waals surface area (Å²) in [6.45, 7) is 5.94. The highest BCUT2D eigenvalue weighted by molar-refractivity contribution is 6.02. The SMILES string of the molecule is COC[C@H](C)n1c(C)cc(C(=O)COC(=O)c2cc3ccccc3cc2O)c1C. The molecule has 6 nitrogen and oxygen atoms in total. The maximum Gasteiger partial charge on any atom is 0.342 e. The number of ether oxygens (including phenoxy) is 2. The second-order valence-corrected chi connectivity index (χ2v) is 7.17. The topological polar surface area (TPSA) is 77.8 Å². The number of carbonyl (C=O) groups is 2. The summed E-state index contributed by atoms with van der Waals surface area (Å²) in [5.41, 5.74) is 2.30. The zero-order valence-corrected chi connectivity index (χ0v) is 17.1. The van der Waals surface area contributed by atoms with Crippen LogP contribution >= 0.6 is 0 Å². The van der Waals surface area contributed by atoms with Gasteiger partial charge in [-0.05, 0) is 49.7 Å². The molecule has 3 aromatic rings. The van der Waals surface area contributed by atoms with Gasteiger partial charge >= 0.3 is 5.97 Å². The number of aromatic hydroxyl groups is 1. The van der Waals surface area contributed by atoms with Gasteiger partial charge in [-0.1, -0.05) is 24.3 Å². The summed E-state index contributed by atoms with van der Waals surface area (Å²) < 4.78 is 12.4. The number of Topliss-reactive ketones (excluding diaryl/α,β-unsaturated/α-hetero) is 1. The molecule has 0 fully saturated rings. The van der Waals surface area contributed by atoms with Crippen molar-refractivity contribution in [1.82, 2.24) is 4.57 Å². The van der Waals surface area contributed by atoms with Gasteiger partial charge in [-0.25, -0.2) is 4.79 Å². The molecule has 0 radical (unpaired) electrons. The molecule has 1 heterocycles. The number of hydrogen-bond donors (Lipinski definition) is 1. The number of esters is 1. The van der Waals surface area contributed by atoms with Gasteiger partial charge in [-0.3, -0.25) is 4.79 Å². The number of aryl methyl sites for hydroxylation is 1. The van der Waals surface area contributed by atoms with Crippen LogP contribution < -0.4 is 0 Å². The second kappa shape index (κ2) is 8.49. The Balaban J connectivity index is 1.75. The fourth-order valence-electron chi connectivity index (χ4n) is 3.73. The van der Waals surface area contributed by atoms with E-state index in [0.717, 1.165) is 22.2 Å². The molecule has 1 N–H and O–H groups in total. The Labute approximate surface area is 169 Å². The predicted molar refractivity (Wildman–Crippen MR) is 111 cm³/mol. The van der Waals surface area contributed by atoms with Crippen LogP contribution in [0.15, 0.2) is 42.5 Å². The van der Waals surface area contributed by atoms with Crippen LogP contribution in [0.2, 0.25) is 0 Å². The van der Waals surface area contributed by atoms with Crippen molar-refractivity contribution in [1.29, 1.82) is 0 Å². The first kappa shape index (κ1) is 20.6. The minimum atomic E-state index is -0.733. The molecule has 0 bridgehead atoms. The molecule has 0 unspecified atom stereocenters. The van der Waals surface area contributed by atoms with Gasteiger partial charge < -0.3 is 19.1 Å². The minimum Gasteiger partial charge on any atom is -0.507 e. The lowest BCUT2D eigenvalue weighted by molar-refractivity contribution is 0.0471. The summed E-state index contributed by atoms with van der Waals surface area (Å²) in [7, 11) is 1.64. The van der Waals surface area contributed by atoms with Gasteiger partial charge in [0.15, 0.2) is 6.61 Å². The van der Waals surface area contributed by atoms with E-state index in [2.05, 4.69) is 0 Å². The number of fused-ring (bicyclic) bond motifs is 1. The molecule has 0 aliphatic heterocycles. The lowest BCUT2D eigenvalue weighted by Crippen LogP contribution is -2.17. The molecular formula is C23H25NO5. The normalized spacial score (nSPS) is 12.1. The average Bonchev–Trinajstić information content (AvgIpc) is 2.99. The number of rotatable bonds is 7. The Kier molecular flexibility index (Phi) is 6.03. The zero-order chi connectivity index (χ0) is 21.1. The smallest absolute Gasteiger partial charge is 0.342 e. The molecule has 1 aromatic heterocycles. The molecule has 1 atom stereocenters. The molecule has 2 aromatic carbocycles. The molecule has 0 amide bonds. The molecule has 0 aliphatic carbocycles. The predicted octanol–water partition coefficient (Wildman–Crippen LogP) is 4.21. The minimum absolute atomic E-state index is 0.0377. The Morgan fingerprint density at radius 3 is 2.38 bits per heavy atom. The van der Waals surface area contributed by atoms with Gasteiger partial charge in [0.25, 0.3) is 0 Å². The first-order valence-electron chi connectivity index (χ1n) is 9.43. The lowest BCUT2D eigenvalue weighted by atomic mass is 10.1. The van der Waals surface area contributed by atoms with E-state index < -0.39 is 12.6 Å². The van der Waals surface area contributed by atoms with Crippen LogP contribution in [0, 0.1) is 13.8 Å².